The van der Waals surface area contributed by atoms with E-state index in [0.717, 1.165) is 45.7 Å². The third kappa shape index (κ3) is 3.45. The Morgan fingerprint density at radius 3 is 2.50 bits per heavy atom. The number of carbonyl (C=O) groups is 1. The summed E-state index contributed by atoms with van der Waals surface area (Å²) in [7, 11) is 0. The molecule has 2 aromatic rings. The van der Waals surface area contributed by atoms with Gasteiger partial charge in [0.2, 0.25) is 5.91 Å². The molecule has 4 heteroatoms. The highest BCUT2D eigenvalue weighted by Crippen LogP contribution is 2.20. The van der Waals surface area contributed by atoms with Gasteiger partial charge in [0.1, 0.15) is 0 Å². The smallest absolute Gasteiger partial charge is 0.220 e. The normalized spacial score (nSPS) is 22.8. The van der Waals surface area contributed by atoms with Crippen molar-refractivity contribution in [2.24, 2.45) is 0 Å². The van der Waals surface area contributed by atoms with Gasteiger partial charge in [0.05, 0.1) is 0 Å². The summed E-state index contributed by atoms with van der Waals surface area (Å²) < 4.78 is 0. The van der Waals surface area contributed by atoms with Crippen LogP contribution in [0.25, 0.3) is 10.8 Å². The van der Waals surface area contributed by atoms with E-state index >= 15 is 0 Å². The lowest BCUT2D eigenvalue weighted by molar-refractivity contribution is -0.119. The highest BCUT2D eigenvalue weighted by atomic mass is 16.1. The average Bonchev–Trinajstić information content (AvgIpc) is 3.02. The third-order valence-electron chi connectivity index (χ3n) is 5.30. The fourth-order valence-electron chi connectivity index (χ4n) is 3.93. The summed E-state index contributed by atoms with van der Waals surface area (Å²) in [6, 6.07) is 15.6. The van der Waals surface area contributed by atoms with E-state index in [1.165, 1.54) is 16.3 Å². The van der Waals surface area contributed by atoms with E-state index in [2.05, 4.69) is 57.6 Å². The molecule has 4 nitrogen and oxygen atoms in total. The summed E-state index contributed by atoms with van der Waals surface area (Å²) in [6.45, 7) is 6.42. The number of nitrogens with zero attached hydrogens (tertiary/aromatic N) is 2. The molecule has 0 saturated carbocycles. The van der Waals surface area contributed by atoms with Gasteiger partial charge in [0, 0.05) is 51.7 Å². The number of nitrogens with one attached hydrogen (secondary N) is 1. The van der Waals surface area contributed by atoms with Crippen LogP contribution in [0.15, 0.2) is 42.5 Å². The van der Waals surface area contributed by atoms with E-state index < -0.39 is 0 Å². The van der Waals surface area contributed by atoms with E-state index in [-0.39, 0.29) is 5.91 Å². The minimum Gasteiger partial charge on any atom is -0.352 e. The minimum absolute atomic E-state index is 0.217. The maximum Gasteiger partial charge on any atom is 0.220 e. The third-order valence-corrected chi connectivity index (χ3v) is 5.30. The first kappa shape index (κ1) is 15.6. The fourth-order valence-corrected chi connectivity index (χ4v) is 3.93. The minimum atomic E-state index is 0.217. The first-order valence-corrected chi connectivity index (χ1v) is 8.99. The molecule has 2 saturated heterocycles. The predicted molar refractivity (Wildman–Crippen MR) is 96.8 cm³/mol. The van der Waals surface area contributed by atoms with E-state index in [1.54, 1.807) is 0 Å². The topological polar surface area (TPSA) is 35.6 Å². The van der Waals surface area contributed by atoms with Crippen LogP contribution in [0.4, 0.5) is 0 Å². The van der Waals surface area contributed by atoms with Crippen molar-refractivity contribution in [3.8, 4) is 0 Å². The molecular formula is C20H25N3O. The van der Waals surface area contributed by atoms with E-state index in [9.17, 15) is 4.79 Å². The summed E-state index contributed by atoms with van der Waals surface area (Å²) in [4.78, 5) is 16.4. The number of hydrogen-bond acceptors (Lipinski definition) is 3. The molecule has 24 heavy (non-hydrogen) atoms. The zero-order chi connectivity index (χ0) is 16.4. The standard InChI is InChI=1S/C20H25N3O/c24-20-9-8-18(21-20)15-23-12-10-22(11-13-23)14-17-6-3-5-16-4-1-2-7-19(16)17/h1-7,18H,8-15H2,(H,21,24). The zero-order valence-electron chi connectivity index (χ0n) is 14.1. The van der Waals surface area contributed by atoms with Gasteiger partial charge in [0.25, 0.3) is 0 Å². The number of benzene rings is 2. The van der Waals surface area contributed by atoms with Crippen LogP contribution < -0.4 is 5.32 Å². The molecule has 2 aromatic carbocycles. The Hall–Kier alpha value is -1.91. The lowest BCUT2D eigenvalue weighted by Gasteiger charge is -2.36. The van der Waals surface area contributed by atoms with Gasteiger partial charge in [-0.2, -0.15) is 0 Å². The van der Waals surface area contributed by atoms with Crippen molar-refractivity contribution in [3.63, 3.8) is 0 Å². The number of hydrogen-bond donors (Lipinski definition) is 1. The number of carbonyl (C=O) groups excluding carboxylic acids is 1. The molecule has 1 N–H and O–H groups in total. The monoisotopic (exact) mass is 323 g/mol. The maximum absolute atomic E-state index is 11.3. The molecule has 126 valence electrons. The van der Waals surface area contributed by atoms with Crippen LogP contribution in [0.2, 0.25) is 0 Å². The highest BCUT2D eigenvalue weighted by molar-refractivity contribution is 5.85. The van der Waals surface area contributed by atoms with Gasteiger partial charge in [0.15, 0.2) is 0 Å². The Labute approximate surface area is 143 Å². The van der Waals surface area contributed by atoms with Crippen molar-refractivity contribution >= 4 is 16.7 Å². The maximum atomic E-state index is 11.3. The highest BCUT2D eigenvalue weighted by Gasteiger charge is 2.25. The largest absolute Gasteiger partial charge is 0.352 e. The van der Waals surface area contributed by atoms with Crippen LogP contribution >= 0.6 is 0 Å². The van der Waals surface area contributed by atoms with Crippen LogP contribution in [0.1, 0.15) is 18.4 Å². The number of fused-ring (bicyclic) bond motifs is 1. The number of rotatable bonds is 4. The van der Waals surface area contributed by atoms with Gasteiger partial charge in [-0.25, -0.2) is 0 Å². The van der Waals surface area contributed by atoms with Crippen LogP contribution in [0.5, 0.6) is 0 Å². The average molecular weight is 323 g/mol. The van der Waals surface area contributed by atoms with Crippen molar-refractivity contribution < 1.29 is 4.79 Å². The van der Waals surface area contributed by atoms with Crippen LogP contribution in [0.3, 0.4) is 0 Å². The fraction of sp³-hybridized carbons (Fsp3) is 0.450. The summed E-state index contributed by atoms with van der Waals surface area (Å²) in [5.74, 6) is 0.217. The van der Waals surface area contributed by atoms with Crippen molar-refractivity contribution in [1.82, 2.24) is 15.1 Å². The van der Waals surface area contributed by atoms with Gasteiger partial charge < -0.3 is 5.32 Å². The van der Waals surface area contributed by atoms with Crippen molar-refractivity contribution in [1.29, 1.82) is 0 Å². The van der Waals surface area contributed by atoms with E-state index in [4.69, 9.17) is 0 Å². The lowest BCUT2D eigenvalue weighted by Crippen LogP contribution is -2.49. The molecule has 1 amide bonds. The van der Waals surface area contributed by atoms with Crippen molar-refractivity contribution in [2.45, 2.75) is 25.4 Å². The molecule has 2 aliphatic rings. The molecule has 0 bridgehead atoms. The molecule has 0 radical (unpaired) electrons. The SMILES string of the molecule is O=C1CCC(CN2CCN(Cc3cccc4ccccc34)CC2)N1. The molecule has 1 unspecified atom stereocenters. The quantitative estimate of drug-likeness (QED) is 0.937. The summed E-state index contributed by atoms with van der Waals surface area (Å²) >= 11 is 0. The van der Waals surface area contributed by atoms with Gasteiger partial charge in [-0.3, -0.25) is 14.6 Å². The molecule has 0 spiro atoms. The van der Waals surface area contributed by atoms with Crippen LogP contribution in [-0.4, -0.2) is 54.5 Å². The lowest BCUT2D eigenvalue weighted by atomic mass is 10.0. The molecule has 2 heterocycles. The van der Waals surface area contributed by atoms with Gasteiger partial charge in [-0.1, -0.05) is 42.5 Å². The van der Waals surface area contributed by atoms with Crippen molar-refractivity contribution in [2.75, 3.05) is 32.7 Å². The van der Waals surface area contributed by atoms with E-state index in [0.29, 0.717) is 12.5 Å². The molecular weight excluding hydrogens is 298 g/mol. The van der Waals surface area contributed by atoms with Crippen molar-refractivity contribution in [3.05, 3.63) is 48.0 Å². The van der Waals surface area contributed by atoms with Gasteiger partial charge in [-0.15, -0.1) is 0 Å². The number of piperazine rings is 1. The Morgan fingerprint density at radius 1 is 0.958 bits per heavy atom. The summed E-state index contributed by atoms with van der Waals surface area (Å²) in [6.07, 6.45) is 1.70. The first-order valence-electron chi connectivity index (χ1n) is 8.99. The Bertz CT molecular complexity index is 716. The van der Waals surface area contributed by atoms with Gasteiger partial charge in [-0.05, 0) is 22.8 Å². The second-order valence-corrected chi connectivity index (χ2v) is 7.02. The number of amides is 1. The second kappa shape index (κ2) is 6.91. The molecule has 2 fully saturated rings. The summed E-state index contributed by atoms with van der Waals surface area (Å²) in [5, 5.41) is 5.77. The molecule has 4 rings (SSSR count). The van der Waals surface area contributed by atoms with Crippen LogP contribution in [-0.2, 0) is 11.3 Å². The van der Waals surface area contributed by atoms with Crippen LogP contribution in [0, 0.1) is 0 Å². The summed E-state index contributed by atoms with van der Waals surface area (Å²) in [5.41, 5.74) is 1.42. The van der Waals surface area contributed by atoms with Gasteiger partial charge >= 0.3 is 0 Å². The molecule has 0 aromatic heterocycles. The Balaban J connectivity index is 1.33. The first-order chi connectivity index (χ1) is 11.8. The predicted octanol–water partition coefficient (Wildman–Crippen LogP) is 2.24. The zero-order valence-corrected chi connectivity index (χ0v) is 14.1. The molecule has 0 aliphatic carbocycles. The Kier molecular flexibility index (Phi) is 4.50. The second-order valence-electron chi connectivity index (χ2n) is 7.02. The molecule has 2 aliphatic heterocycles. The van der Waals surface area contributed by atoms with E-state index in [1.807, 2.05) is 0 Å². The molecule has 1 atom stereocenters. The Morgan fingerprint density at radius 2 is 1.71 bits per heavy atom.